The zero-order valence-corrected chi connectivity index (χ0v) is 19.9. The standard InChI is InChI=1S/C24H20N6O3S2/c25-35(32,33)19-12-10-17(11-13-19)26-22(31)15-34-24-29-28-23(30(24)18-7-2-1-3-8-18)21-14-16-6-4-5-9-20(16)27-21/h1-14,27H,15H2,(H,26,31)(H2,25,32,33). The normalized spacial score (nSPS) is 11.6. The lowest BCUT2D eigenvalue weighted by Crippen LogP contribution is -2.15. The molecule has 5 aromatic rings. The van der Waals surface area contributed by atoms with Gasteiger partial charge in [-0.25, -0.2) is 13.6 Å². The molecule has 0 saturated carbocycles. The Labute approximate surface area is 205 Å². The van der Waals surface area contributed by atoms with Crippen LogP contribution in [0.4, 0.5) is 5.69 Å². The monoisotopic (exact) mass is 504 g/mol. The summed E-state index contributed by atoms with van der Waals surface area (Å²) >= 11 is 1.25. The van der Waals surface area contributed by atoms with Crippen LogP contribution in [0.5, 0.6) is 0 Å². The van der Waals surface area contributed by atoms with Crippen LogP contribution in [-0.4, -0.2) is 39.8 Å². The number of rotatable bonds is 7. The molecule has 0 atom stereocenters. The number of nitrogens with zero attached hydrogens (tertiary/aromatic N) is 3. The Morgan fingerprint density at radius 3 is 2.40 bits per heavy atom. The van der Waals surface area contributed by atoms with Crippen molar-refractivity contribution in [1.29, 1.82) is 0 Å². The van der Waals surface area contributed by atoms with E-state index in [1.165, 1.54) is 36.0 Å². The molecule has 0 aliphatic heterocycles. The second kappa shape index (κ2) is 9.37. The van der Waals surface area contributed by atoms with Crippen LogP contribution in [0.1, 0.15) is 0 Å². The first-order chi connectivity index (χ1) is 16.9. The Bertz CT molecular complexity index is 1580. The molecule has 0 aliphatic rings. The number of para-hydroxylation sites is 2. The van der Waals surface area contributed by atoms with Crippen molar-refractivity contribution in [2.24, 2.45) is 5.14 Å². The molecule has 5 rings (SSSR count). The summed E-state index contributed by atoms with van der Waals surface area (Å²) in [5, 5.41) is 18.2. The van der Waals surface area contributed by atoms with E-state index in [4.69, 9.17) is 5.14 Å². The van der Waals surface area contributed by atoms with E-state index in [1.54, 1.807) is 0 Å². The van der Waals surface area contributed by atoms with Crippen molar-refractivity contribution in [3.8, 4) is 17.2 Å². The van der Waals surface area contributed by atoms with E-state index in [-0.39, 0.29) is 16.6 Å². The molecule has 0 bridgehead atoms. The van der Waals surface area contributed by atoms with Gasteiger partial charge >= 0.3 is 0 Å². The minimum Gasteiger partial charge on any atom is -0.352 e. The van der Waals surface area contributed by atoms with Gasteiger partial charge < -0.3 is 10.3 Å². The Hall–Kier alpha value is -3.93. The fourth-order valence-corrected chi connectivity index (χ4v) is 4.86. The smallest absolute Gasteiger partial charge is 0.238 e. The van der Waals surface area contributed by atoms with Crippen LogP contribution in [0.25, 0.3) is 28.1 Å². The van der Waals surface area contributed by atoms with Gasteiger partial charge in [0.05, 0.1) is 16.3 Å². The summed E-state index contributed by atoms with van der Waals surface area (Å²) in [5.41, 5.74) is 3.14. The number of nitrogens with two attached hydrogens (primary N) is 1. The minimum absolute atomic E-state index is 0.0228. The average Bonchev–Trinajstić information content (AvgIpc) is 3.47. The maximum Gasteiger partial charge on any atom is 0.238 e. The van der Waals surface area contributed by atoms with Crippen molar-refractivity contribution >= 4 is 44.3 Å². The second-order valence-corrected chi connectivity index (χ2v) is 10.2. The van der Waals surface area contributed by atoms with Crippen molar-refractivity contribution in [2.45, 2.75) is 10.1 Å². The molecule has 4 N–H and O–H groups in total. The van der Waals surface area contributed by atoms with Crippen LogP contribution >= 0.6 is 11.8 Å². The van der Waals surface area contributed by atoms with E-state index in [0.29, 0.717) is 16.7 Å². The molecule has 1 amide bonds. The Kier molecular flexibility index (Phi) is 6.12. The number of primary sulfonamides is 1. The molecular weight excluding hydrogens is 484 g/mol. The Morgan fingerprint density at radius 1 is 0.971 bits per heavy atom. The maximum absolute atomic E-state index is 12.6. The van der Waals surface area contributed by atoms with Crippen LogP contribution in [0, 0.1) is 0 Å². The number of carbonyl (C=O) groups is 1. The number of anilines is 1. The van der Waals surface area contributed by atoms with Crippen molar-refractivity contribution in [1.82, 2.24) is 19.7 Å². The third kappa shape index (κ3) is 4.97. The van der Waals surface area contributed by atoms with E-state index in [0.717, 1.165) is 22.3 Å². The number of hydrogen-bond acceptors (Lipinski definition) is 6. The number of aromatic amines is 1. The molecular formula is C24H20N6O3S2. The van der Waals surface area contributed by atoms with E-state index in [2.05, 4.69) is 20.5 Å². The highest BCUT2D eigenvalue weighted by Crippen LogP contribution is 2.29. The summed E-state index contributed by atoms with van der Waals surface area (Å²) in [6, 6.07) is 25.3. The lowest BCUT2D eigenvalue weighted by Gasteiger charge is -2.10. The zero-order valence-electron chi connectivity index (χ0n) is 18.3. The summed E-state index contributed by atoms with van der Waals surface area (Å²) in [7, 11) is -3.79. The van der Waals surface area contributed by atoms with Gasteiger partial charge in [0.2, 0.25) is 15.9 Å². The molecule has 9 nitrogen and oxygen atoms in total. The zero-order chi connectivity index (χ0) is 24.4. The molecule has 0 saturated heterocycles. The highest BCUT2D eigenvalue weighted by Gasteiger charge is 2.19. The van der Waals surface area contributed by atoms with Gasteiger partial charge in [0.1, 0.15) is 0 Å². The van der Waals surface area contributed by atoms with Gasteiger partial charge in [0.15, 0.2) is 11.0 Å². The SMILES string of the molecule is NS(=O)(=O)c1ccc(NC(=O)CSc2nnc(-c3cc4ccccc4[nH]3)n2-c2ccccc2)cc1. The predicted molar refractivity (Wildman–Crippen MR) is 136 cm³/mol. The highest BCUT2D eigenvalue weighted by molar-refractivity contribution is 7.99. The molecule has 2 aromatic heterocycles. The second-order valence-electron chi connectivity index (χ2n) is 7.65. The van der Waals surface area contributed by atoms with Crippen molar-refractivity contribution in [3.63, 3.8) is 0 Å². The summed E-state index contributed by atoms with van der Waals surface area (Å²) in [6.07, 6.45) is 0. The molecule has 35 heavy (non-hydrogen) atoms. The topological polar surface area (TPSA) is 136 Å². The third-order valence-electron chi connectivity index (χ3n) is 5.22. The van der Waals surface area contributed by atoms with Gasteiger partial charge in [-0.1, -0.05) is 48.2 Å². The van der Waals surface area contributed by atoms with Crippen LogP contribution in [0.3, 0.4) is 0 Å². The Morgan fingerprint density at radius 2 is 1.69 bits per heavy atom. The molecule has 0 unspecified atom stereocenters. The maximum atomic E-state index is 12.6. The van der Waals surface area contributed by atoms with Gasteiger partial charge in [-0.3, -0.25) is 9.36 Å². The number of fused-ring (bicyclic) bond motifs is 1. The largest absolute Gasteiger partial charge is 0.352 e. The molecule has 0 radical (unpaired) electrons. The summed E-state index contributed by atoms with van der Waals surface area (Å²) in [5.74, 6) is 0.441. The van der Waals surface area contributed by atoms with Gasteiger partial charge in [0, 0.05) is 22.3 Å². The van der Waals surface area contributed by atoms with E-state index < -0.39 is 10.0 Å². The highest BCUT2D eigenvalue weighted by atomic mass is 32.2. The molecule has 2 heterocycles. The van der Waals surface area contributed by atoms with Gasteiger partial charge in [0.25, 0.3) is 0 Å². The summed E-state index contributed by atoms with van der Waals surface area (Å²) in [4.78, 5) is 15.9. The molecule has 0 aliphatic carbocycles. The quantitative estimate of drug-likeness (QED) is 0.289. The molecule has 0 spiro atoms. The lowest BCUT2D eigenvalue weighted by atomic mass is 10.2. The number of thioether (sulfide) groups is 1. The number of sulfonamides is 1. The number of benzene rings is 3. The van der Waals surface area contributed by atoms with E-state index in [9.17, 15) is 13.2 Å². The van der Waals surface area contributed by atoms with Crippen molar-refractivity contribution in [3.05, 3.63) is 84.9 Å². The Balaban J connectivity index is 1.38. The van der Waals surface area contributed by atoms with Crippen LogP contribution in [0.2, 0.25) is 0 Å². The lowest BCUT2D eigenvalue weighted by molar-refractivity contribution is -0.113. The fourth-order valence-electron chi connectivity index (χ4n) is 3.60. The third-order valence-corrected chi connectivity index (χ3v) is 7.08. The number of hydrogen-bond donors (Lipinski definition) is 3. The first-order valence-corrected chi connectivity index (χ1v) is 13.1. The van der Waals surface area contributed by atoms with Gasteiger partial charge in [-0.15, -0.1) is 10.2 Å². The minimum atomic E-state index is -3.79. The molecule has 3 aromatic carbocycles. The fraction of sp³-hybridized carbons (Fsp3) is 0.0417. The van der Waals surface area contributed by atoms with E-state index in [1.807, 2.05) is 65.2 Å². The first kappa shape index (κ1) is 22.8. The number of carbonyl (C=O) groups excluding carboxylic acids is 1. The number of aromatic nitrogens is 4. The number of H-pyrrole nitrogens is 1. The van der Waals surface area contributed by atoms with Crippen molar-refractivity contribution < 1.29 is 13.2 Å². The van der Waals surface area contributed by atoms with Crippen LogP contribution < -0.4 is 10.5 Å². The van der Waals surface area contributed by atoms with Gasteiger partial charge in [-0.05, 0) is 48.5 Å². The van der Waals surface area contributed by atoms with Crippen LogP contribution in [-0.2, 0) is 14.8 Å². The predicted octanol–water partition coefficient (Wildman–Crippen LogP) is 3.79. The van der Waals surface area contributed by atoms with Crippen molar-refractivity contribution in [2.75, 3.05) is 11.1 Å². The molecule has 11 heteroatoms. The van der Waals surface area contributed by atoms with E-state index >= 15 is 0 Å². The van der Waals surface area contributed by atoms with Crippen LogP contribution in [0.15, 0.2) is 95.0 Å². The first-order valence-electron chi connectivity index (χ1n) is 10.5. The molecule has 176 valence electrons. The van der Waals surface area contributed by atoms with Gasteiger partial charge in [-0.2, -0.15) is 0 Å². The number of amides is 1. The average molecular weight is 505 g/mol. The summed E-state index contributed by atoms with van der Waals surface area (Å²) in [6.45, 7) is 0. The summed E-state index contributed by atoms with van der Waals surface area (Å²) < 4.78 is 24.7. The number of nitrogens with one attached hydrogen (secondary N) is 2. The molecule has 0 fully saturated rings.